The molecule has 5 rings (SSSR count). The fraction of sp³-hybridized carbons (Fsp3) is 0.290. The molecule has 2 aliphatic heterocycles. The van der Waals surface area contributed by atoms with Crippen molar-refractivity contribution in [1.29, 1.82) is 0 Å². The van der Waals surface area contributed by atoms with E-state index in [2.05, 4.69) is 0 Å². The van der Waals surface area contributed by atoms with Crippen LogP contribution in [-0.4, -0.2) is 23.6 Å². The van der Waals surface area contributed by atoms with Gasteiger partial charge in [-0.2, -0.15) is 0 Å². The highest BCUT2D eigenvalue weighted by atomic mass is 16.2. The van der Waals surface area contributed by atoms with E-state index in [1.165, 1.54) is 10.0 Å². The van der Waals surface area contributed by atoms with Gasteiger partial charge in [0.2, 0.25) is 11.8 Å². The highest BCUT2D eigenvalue weighted by Crippen LogP contribution is 2.50. The zero-order chi connectivity index (χ0) is 27.0. The molecule has 3 aromatic carbocycles. The number of rotatable bonds is 7. The molecule has 0 spiro atoms. The first-order chi connectivity index (χ1) is 18.3. The van der Waals surface area contributed by atoms with Gasteiger partial charge in [0.05, 0.1) is 23.0 Å². The molecule has 4 amide bonds. The first kappa shape index (κ1) is 25.4. The third kappa shape index (κ3) is 3.99. The summed E-state index contributed by atoms with van der Waals surface area (Å²) < 4.78 is 0. The van der Waals surface area contributed by atoms with E-state index in [1.54, 1.807) is 60.7 Å². The topological polar surface area (TPSA) is 78.0 Å². The Hall–Kier alpha value is -4.26. The van der Waals surface area contributed by atoms with E-state index in [1.807, 2.05) is 39.0 Å². The second-order valence-electron chi connectivity index (χ2n) is 10.1. The molecule has 0 unspecified atom stereocenters. The van der Waals surface area contributed by atoms with Crippen molar-refractivity contribution in [1.82, 2.24) is 0 Å². The molecular formula is C31H31N3O4. The Morgan fingerprint density at radius 2 is 1.24 bits per heavy atom. The summed E-state index contributed by atoms with van der Waals surface area (Å²) >= 11 is 0. The minimum absolute atomic E-state index is 0.179. The first-order valence-corrected chi connectivity index (χ1v) is 13.0. The second kappa shape index (κ2) is 9.89. The minimum atomic E-state index is -1.69. The van der Waals surface area contributed by atoms with Gasteiger partial charge < -0.3 is 0 Å². The molecule has 7 nitrogen and oxygen atoms in total. The van der Waals surface area contributed by atoms with Gasteiger partial charge in [-0.15, -0.1) is 0 Å². The Bertz CT molecular complexity index is 1330. The molecule has 3 aromatic rings. The molecule has 2 saturated heterocycles. The molecular weight excluding hydrogens is 478 g/mol. The lowest BCUT2D eigenvalue weighted by Gasteiger charge is -2.29. The van der Waals surface area contributed by atoms with Crippen LogP contribution in [0, 0.1) is 25.2 Å². The van der Waals surface area contributed by atoms with E-state index >= 15 is 0 Å². The van der Waals surface area contributed by atoms with E-state index in [9.17, 15) is 19.2 Å². The van der Waals surface area contributed by atoms with E-state index < -0.39 is 35.0 Å². The summed E-state index contributed by atoms with van der Waals surface area (Å²) in [7, 11) is 0. The summed E-state index contributed by atoms with van der Waals surface area (Å²) in [6.45, 7) is 5.79. The molecule has 7 heteroatoms. The van der Waals surface area contributed by atoms with Crippen LogP contribution in [0.2, 0.25) is 0 Å². The normalized spacial score (nSPS) is 19.1. The standard InChI is InChI=1S/C31H31N3O4/c1-4-5-16-31(26-20-27(35)32(28(26)36)25-18-21(2)17-22(3)19-25)29(37)33(23-12-8-6-9-13-23)34(30(31)38)24-14-10-7-11-15-24/h6-15,17-19,26H,4-5,16,20H2,1-3H3/t26-/m0/s1. The maximum absolute atomic E-state index is 14.5. The molecule has 0 aromatic heterocycles. The summed E-state index contributed by atoms with van der Waals surface area (Å²) in [5.41, 5.74) is 1.67. The van der Waals surface area contributed by atoms with Crippen LogP contribution in [0.25, 0.3) is 0 Å². The van der Waals surface area contributed by atoms with Crippen LogP contribution in [0.1, 0.15) is 43.7 Å². The van der Waals surface area contributed by atoms with Crippen LogP contribution in [-0.2, 0) is 19.2 Å². The molecule has 0 N–H and O–H groups in total. The number of carbonyl (C=O) groups is 4. The molecule has 38 heavy (non-hydrogen) atoms. The van der Waals surface area contributed by atoms with Gasteiger partial charge in [-0.05, 0) is 67.8 Å². The van der Waals surface area contributed by atoms with Gasteiger partial charge in [0.15, 0.2) is 0 Å². The summed E-state index contributed by atoms with van der Waals surface area (Å²) in [6.07, 6.45) is 1.27. The van der Waals surface area contributed by atoms with Gasteiger partial charge in [-0.1, -0.05) is 62.2 Å². The van der Waals surface area contributed by atoms with E-state index in [-0.39, 0.29) is 12.8 Å². The third-order valence-corrected chi connectivity index (χ3v) is 7.48. The predicted octanol–water partition coefficient (Wildman–Crippen LogP) is 5.35. The average Bonchev–Trinajstić information content (AvgIpc) is 3.32. The molecule has 2 heterocycles. The van der Waals surface area contributed by atoms with Gasteiger partial charge >= 0.3 is 0 Å². The van der Waals surface area contributed by atoms with Crippen molar-refractivity contribution in [3.8, 4) is 0 Å². The highest BCUT2D eigenvalue weighted by Gasteiger charge is 2.67. The van der Waals surface area contributed by atoms with Crippen LogP contribution in [0.3, 0.4) is 0 Å². The Balaban J connectivity index is 1.66. The number of carbonyl (C=O) groups excluding carboxylic acids is 4. The SMILES string of the molecule is CCCCC1([C@H]2CC(=O)N(c3cc(C)cc(C)c3)C2=O)C(=O)N(c2ccccc2)N(c2ccccc2)C1=O. The van der Waals surface area contributed by atoms with Crippen molar-refractivity contribution in [2.75, 3.05) is 14.9 Å². The number of hydrogen-bond acceptors (Lipinski definition) is 4. The summed E-state index contributed by atoms with van der Waals surface area (Å²) in [6, 6.07) is 23.5. The Morgan fingerprint density at radius 1 is 0.737 bits per heavy atom. The summed E-state index contributed by atoms with van der Waals surface area (Å²) in [4.78, 5) is 57.6. The van der Waals surface area contributed by atoms with Crippen LogP contribution in [0.4, 0.5) is 17.1 Å². The molecule has 194 valence electrons. The van der Waals surface area contributed by atoms with E-state index in [4.69, 9.17) is 0 Å². The van der Waals surface area contributed by atoms with Crippen molar-refractivity contribution in [2.45, 2.75) is 46.5 Å². The van der Waals surface area contributed by atoms with Crippen LogP contribution in [0.5, 0.6) is 0 Å². The number of anilines is 3. The number of benzene rings is 3. The van der Waals surface area contributed by atoms with Crippen LogP contribution in [0.15, 0.2) is 78.9 Å². The van der Waals surface area contributed by atoms with Gasteiger partial charge in [0.1, 0.15) is 5.41 Å². The maximum atomic E-state index is 14.5. The predicted molar refractivity (Wildman–Crippen MR) is 146 cm³/mol. The number of unbranched alkanes of at least 4 members (excludes halogenated alkanes) is 1. The quantitative estimate of drug-likeness (QED) is 0.318. The fourth-order valence-corrected chi connectivity index (χ4v) is 5.76. The number of para-hydroxylation sites is 2. The summed E-state index contributed by atoms with van der Waals surface area (Å²) in [5, 5.41) is 2.76. The van der Waals surface area contributed by atoms with Crippen LogP contribution >= 0.6 is 0 Å². The average molecular weight is 510 g/mol. The molecule has 0 aliphatic carbocycles. The van der Waals surface area contributed by atoms with E-state index in [0.717, 1.165) is 22.4 Å². The van der Waals surface area contributed by atoms with Gasteiger partial charge in [0, 0.05) is 6.42 Å². The van der Waals surface area contributed by atoms with Crippen molar-refractivity contribution >= 4 is 40.7 Å². The van der Waals surface area contributed by atoms with E-state index in [0.29, 0.717) is 23.5 Å². The Labute approximate surface area is 222 Å². The lowest BCUT2D eigenvalue weighted by Crippen LogP contribution is -2.47. The monoisotopic (exact) mass is 509 g/mol. The van der Waals surface area contributed by atoms with Crippen LogP contribution < -0.4 is 14.9 Å². The van der Waals surface area contributed by atoms with Crippen molar-refractivity contribution < 1.29 is 19.2 Å². The number of nitrogens with zero attached hydrogens (tertiary/aromatic N) is 3. The highest BCUT2D eigenvalue weighted by molar-refractivity contribution is 6.31. The zero-order valence-corrected chi connectivity index (χ0v) is 21.9. The molecule has 1 atom stereocenters. The maximum Gasteiger partial charge on any atom is 0.262 e. The lowest BCUT2D eigenvalue weighted by atomic mass is 9.70. The molecule has 0 saturated carbocycles. The Kier molecular flexibility index (Phi) is 6.61. The zero-order valence-electron chi connectivity index (χ0n) is 21.9. The smallest absolute Gasteiger partial charge is 0.262 e. The molecule has 2 fully saturated rings. The van der Waals surface area contributed by atoms with Gasteiger partial charge in [0.25, 0.3) is 11.8 Å². The van der Waals surface area contributed by atoms with Crippen molar-refractivity contribution in [3.05, 3.63) is 90.0 Å². The number of amides is 4. The molecule has 0 bridgehead atoms. The van der Waals surface area contributed by atoms with Gasteiger partial charge in [-0.3, -0.25) is 24.1 Å². The fourth-order valence-electron chi connectivity index (χ4n) is 5.76. The third-order valence-electron chi connectivity index (χ3n) is 7.48. The van der Waals surface area contributed by atoms with Crippen molar-refractivity contribution in [2.24, 2.45) is 11.3 Å². The number of hydrazine groups is 1. The number of imide groups is 1. The van der Waals surface area contributed by atoms with Crippen molar-refractivity contribution in [3.63, 3.8) is 0 Å². The minimum Gasteiger partial charge on any atom is -0.274 e. The molecule has 0 radical (unpaired) electrons. The van der Waals surface area contributed by atoms with Gasteiger partial charge in [-0.25, -0.2) is 10.0 Å². The second-order valence-corrected chi connectivity index (χ2v) is 10.1. The lowest BCUT2D eigenvalue weighted by molar-refractivity contribution is -0.144. The largest absolute Gasteiger partial charge is 0.274 e. The first-order valence-electron chi connectivity index (χ1n) is 13.0. The summed E-state index contributed by atoms with van der Waals surface area (Å²) in [5.74, 6) is -2.94. The Morgan fingerprint density at radius 3 is 1.71 bits per heavy atom. The molecule has 2 aliphatic rings. The number of aryl methyl sites for hydroxylation is 2. The number of hydrogen-bond donors (Lipinski definition) is 0.